The SMILES string of the molecule is COC1=CC=C2NCC(C(=O)O)=CC2(C)C=C1. The zero-order valence-corrected chi connectivity index (χ0v) is 9.86. The van der Waals surface area contributed by atoms with Crippen molar-refractivity contribution in [3.8, 4) is 0 Å². The number of hydrogen-bond acceptors (Lipinski definition) is 3. The normalized spacial score (nSPS) is 26.8. The minimum absolute atomic E-state index is 0.348. The highest BCUT2D eigenvalue weighted by Crippen LogP contribution is 2.35. The Morgan fingerprint density at radius 2 is 2.29 bits per heavy atom. The third kappa shape index (κ3) is 2.11. The molecule has 4 nitrogen and oxygen atoms in total. The molecule has 2 aliphatic rings. The maximum atomic E-state index is 11.0. The number of methoxy groups -OCH3 is 1. The number of hydrogen-bond donors (Lipinski definition) is 2. The van der Waals surface area contributed by atoms with E-state index in [1.165, 1.54) is 0 Å². The van der Waals surface area contributed by atoms with Crippen LogP contribution in [-0.2, 0) is 9.53 Å². The van der Waals surface area contributed by atoms with Crippen LogP contribution in [0.1, 0.15) is 6.92 Å². The van der Waals surface area contributed by atoms with Crippen LogP contribution in [0.25, 0.3) is 0 Å². The minimum Gasteiger partial charge on any atom is -0.497 e. The largest absolute Gasteiger partial charge is 0.497 e. The highest BCUT2D eigenvalue weighted by Gasteiger charge is 2.30. The second kappa shape index (κ2) is 4.13. The van der Waals surface area contributed by atoms with Gasteiger partial charge < -0.3 is 15.2 Å². The number of aliphatic carboxylic acids is 1. The van der Waals surface area contributed by atoms with Gasteiger partial charge in [-0.3, -0.25) is 0 Å². The number of allylic oxidation sites excluding steroid dienone is 4. The van der Waals surface area contributed by atoms with Gasteiger partial charge >= 0.3 is 5.97 Å². The first-order chi connectivity index (χ1) is 8.05. The van der Waals surface area contributed by atoms with Gasteiger partial charge in [0.2, 0.25) is 0 Å². The first-order valence-electron chi connectivity index (χ1n) is 5.40. The minimum atomic E-state index is -0.879. The average molecular weight is 233 g/mol. The average Bonchev–Trinajstić information content (AvgIpc) is 2.46. The summed E-state index contributed by atoms with van der Waals surface area (Å²) in [5.41, 5.74) is 0.948. The van der Waals surface area contributed by atoms with Gasteiger partial charge in [0.05, 0.1) is 12.7 Å². The van der Waals surface area contributed by atoms with Crippen LogP contribution in [0, 0.1) is 5.41 Å². The molecule has 90 valence electrons. The first-order valence-corrected chi connectivity index (χ1v) is 5.40. The number of carboxylic acids is 1. The summed E-state index contributed by atoms with van der Waals surface area (Å²) in [6.45, 7) is 2.32. The number of fused-ring (bicyclic) bond motifs is 1. The predicted octanol–water partition coefficient (Wildman–Crippen LogP) is 1.59. The van der Waals surface area contributed by atoms with Gasteiger partial charge in [-0.05, 0) is 25.2 Å². The maximum Gasteiger partial charge on any atom is 0.333 e. The van der Waals surface area contributed by atoms with Crippen molar-refractivity contribution in [1.82, 2.24) is 5.32 Å². The predicted molar refractivity (Wildman–Crippen MR) is 64.1 cm³/mol. The highest BCUT2D eigenvalue weighted by molar-refractivity contribution is 5.88. The van der Waals surface area contributed by atoms with E-state index in [4.69, 9.17) is 9.84 Å². The Hall–Kier alpha value is -1.97. The fraction of sp³-hybridized carbons (Fsp3) is 0.308. The zero-order chi connectivity index (χ0) is 12.5. The van der Waals surface area contributed by atoms with Crippen molar-refractivity contribution in [1.29, 1.82) is 0 Å². The third-order valence-electron chi connectivity index (χ3n) is 3.04. The van der Waals surface area contributed by atoms with Gasteiger partial charge in [0, 0.05) is 17.7 Å². The summed E-state index contributed by atoms with van der Waals surface area (Å²) in [5.74, 6) is -0.129. The quantitative estimate of drug-likeness (QED) is 0.760. The summed E-state index contributed by atoms with van der Waals surface area (Å²) in [6.07, 6.45) is 9.36. The van der Waals surface area contributed by atoms with Gasteiger partial charge in [-0.25, -0.2) is 4.79 Å². The lowest BCUT2D eigenvalue weighted by molar-refractivity contribution is -0.132. The zero-order valence-electron chi connectivity index (χ0n) is 9.86. The fourth-order valence-electron chi connectivity index (χ4n) is 2.00. The highest BCUT2D eigenvalue weighted by atomic mass is 16.5. The molecule has 0 radical (unpaired) electrons. The topological polar surface area (TPSA) is 58.6 Å². The lowest BCUT2D eigenvalue weighted by Crippen LogP contribution is -2.35. The van der Waals surface area contributed by atoms with E-state index >= 15 is 0 Å². The van der Waals surface area contributed by atoms with Gasteiger partial charge in [-0.1, -0.05) is 12.2 Å². The Bertz CT molecular complexity index is 471. The number of rotatable bonds is 2. The van der Waals surface area contributed by atoms with Crippen LogP contribution in [-0.4, -0.2) is 24.7 Å². The molecule has 1 aliphatic carbocycles. The molecule has 1 unspecified atom stereocenters. The molecule has 1 aliphatic heterocycles. The van der Waals surface area contributed by atoms with Crippen molar-refractivity contribution in [3.63, 3.8) is 0 Å². The molecule has 0 saturated heterocycles. The van der Waals surface area contributed by atoms with E-state index in [0.29, 0.717) is 12.1 Å². The lowest BCUT2D eigenvalue weighted by Gasteiger charge is -2.31. The lowest BCUT2D eigenvalue weighted by atomic mass is 9.81. The molecule has 2 rings (SSSR count). The van der Waals surface area contributed by atoms with Crippen LogP contribution in [0.3, 0.4) is 0 Å². The molecule has 0 aromatic rings. The molecule has 17 heavy (non-hydrogen) atoms. The molecule has 4 heteroatoms. The Morgan fingerprint density at radius 3 is 2.94 bits per heavy atom. The summed E-state index contributed by atoms with van der Waals surface area (Å²) < 4.78 is 5.16. The number of carbonyl (C=O) groups is 1. The van der Waals surface area contributed by atoms with E-state index in [0.717, 1.165) is 11.5 Å². The second-order valence-electron chi connectivity index (χ2n) is 4.30. The standard InChI is InChI=1S/C13H15NO3/c1-13-6-5-10(17-2)3-4-11(13)14-8-9(7-13)12(15)16/h3-7,14H,8H2,1-2H3,(H,15,16). The van der Waals surface area contributed by atoms with Crippen molar-refractivity contribution in [2.45, 2.75) is 6.92 Å². The van der Waals surface area contributed by atoms with Crippen LogP contribution in [0.5, 0.6) is 0 Å². The summed E-state index contributed by atoms with van der Waals surface area (Å²) >= 11 is 0. The van der Waals surface area contributed by atoms with Crippen LogP contribution in [0.4, 0.5) is 0 Å². The van der Waals surface area contributed by atoms with Crippen molar-refractivity contribution in [2.24, 2.45) is 5.41 Å². The number of nitrogens with one attached hydrogen (secondary N) is 1. The fourth-order valence-corrected chi connectivity index (χ4v) is 2.00. The molecule has 0 bridgehead atoms. The second-order valence-corrected chi connectivity index (χ2v) is 4.30. The van der Waals surface area contributed by atoms with Crippen LogP contribution in [0.15, 0.2) is 47.4 Å². The summed E-state index contributed by atoms with van der Waals surface area (Å²) in [4.78, 5) is 11.0. The number of carboxylic acid groups (broad SMARTS) is 1. The molecule has 0 saturated carbocycles. The molecule has 0 spiro atoms. The smallest absolute Gasteiger partial charge is 0.333 e. The molecule has 0 aromatic heterocycles. The molecular formula is C13H15NO3. The van der Waals surface area contributed by atoms with Crippen molar-refractivity contribution in [2.75, 3.05) is 13.7 Å². The van der Waals surface area contributed by atoms with E-state index in [2.05, 4.69) is 5.32 Å². The van der Waals surface area contributed by atoms with E-state index < -0.39 is 11.4 Å². The molecule has 1 heterocycles. The van der Waals surface area contributed by atoms with E-state index in [-0.39, 0.29) is 0 Å². The van der Waals surface area contributed by atoms with Crippen molar-refractivity contribution in [3.05, 3.63) is 47.4 Å². The molecule has 0 amide bonds. The van der Waals surface area contributed by atoms with Crippen molar-refractivity contribution < 1.29 is 14.6 Å². The Balaban J connectivity index is 2.42. The molecule has 2 N–H and O–H groups in total. The number of ether oxygens (including phenoxy) is 1. The van der Waals surface area contributed by atoms with E-state index in [1.54, 1.807) is 13.2 Å². The van der Waals surface area contributed by atoms with Gasteiger partial charge in [0.25, 0.3) is 0 Å². The maximum absolute atomic E-state index is 11.0. The Labute approximate surface area is 100.0 Å². The molecular weight excluding hydrogens is 218 g/mol. The Kier molecular flexibility index (Phi) is 2.79. The van der Waals surface area contributed by atoms with Crippen LogP contribution in [0.2, 0.25) is 0 Å². The van der Waals surface area contributed by atoms with Crippen LogP contribution >= 0.6 is 0 Å². The summed E-state index contributed by atoms with van der Waals surface area (Å²) in [7, 11) is 1.61. The van der Waals surface area contributed by atoms with Crippen LogP contribution < -0.4 is 5.32 Å². The van der Waals surface area contributed by atoms with Gasteiger partial charge in [-0.2, -0.15) is 0 Å². The summed E-state index contributed by atoms with van der Waals surface area (Å²) in [6, 6.07) is 0. The third-order valence-corrected chi connectivity index (χ3v) is 3.04. The van der Waals surface area contributed by atoms with Gasteiger partial charge in [0.1, 0.15) is 5.76 Å². The molecule has 0 aromatic carbocycles. The molecule has 1 atom stereocenters. The van der Waals surface area contributed by atoms with Gasteiger partial charge in [0.15, 0.2) is 0 Å². The Morgan fingerprint density at radius 1 is 1.53 bits per heavy atom. The van der Waals surface area contributed by atoms with E-state index in [9.17, 15) is 4.79 Å². The molecule has 0 fully saturated rings. The monoisotopic (exact) mass is 233 g/mol. The summed E-state index contributed by atoms with van der Waals surface area (Å²) in [5, 5.41) is 12.2. The van der Waals surface area contributed by atoms with Gasteiger partial charge in [-0.15, -0.1) is 0 Å². The van der Waals surface area contributed by atoms with Crippen molar-refractivity contribution >= 4 is 5.97 Å². The first kappa shape index (κ1) is 11.5. The van der Waals surface area contributed by atoms with E-state index in [1.807, 2.05) is 31.2 Å².